The maximum atomic E-state index is 12.7. The number of aromatic nitrogens is 5. The van der Waals surface area contributed by atoms with Crippen LogP contribution in [0.15, 0.2) is 71.4 Å². The molecule has 6 rings (SSSR count). The number of nitrogens with zero attached hydrogens (tertiary/aromatic N) is 5. The zero-order chi connectivity index (χ0) is 22.4. The molecule has 9 nitrogen and oxygen atoms in total. The highest BCUT2D eigenvalue weighted by Crippen LogP contribution is 2.29. The molecule has 5 aromatic rings. The molecular formula is C24H18N6O3. The van der Waals surface area contributed by atoms with Gasteiger partial charge in [0.1, 0.15) is 11.6 Å². The highest BCUT2D eigenvalue weighted by atomic mass is 16.5. The second-order valence-corrected chi connectivity index (χ2v) is 7.80. The molecule has 1 amide bonds. The fraction of sp³-hybridized carbons (Fsp3) is 0.125. The van der Waals surface area contributed by atoms with E-state index in [-0.39, 0.29) is 5.91 Å². The third-order valence-corrected chi connectivity index (χ3v) is 5.57. The van der Waals surface area contributed by atoms with Gasteiger partial charge in [-0.05, 0) is 48.9 Å². The fourth-order valence-electron chi connectivity index (χ4n) is 3.88. The van der Waals surface area contributed by atoms with Crippen molar-refractivity contribution in [3.8, 4) is 28.6 Å². The number of rotatable bonds is 4. The number of ether oxygens (including phenoxy) is 1. The lowest BCUT2D eigenvalue weighted by Gasteiger charge is -2.11. The molecule has 3 aromatic heterocycles. The van der Waals surface area contributed by atoms with Crippen LogP contribution in [-0.2, 0) is 11.2 Å². The number of para-hydroxylation sites is 1. The molecule has 33 heavy (non-hydrogen) atoms. The Morgan fingerprint density at radius 3 is 2.88 bits per heavy atom. The first-order valence-electron chi connectivity index (χ1n) is 10.5. The normalized spacial score (nSPS) is 14.8. The van der Waals surface area contributed by atoms with Crippen molar-refractivity contribution in [1.29, 1.82) is 0 Å². The topological polar surface area (TPSA) is 107 Å². The smallest absolute Gasteiger partial charge is 0.265 e. The summed E-state index contributed by atoms with van der Waals surface area (Å²) in [4.78, 5) is 17.3. The maximum absolute atomic E-state index is 12.7. The van der Waals surface area contributed by atoms with Crippen LogP contribution in [0.5, 0.6) is 5.75 Å². The quantitative estimate of drug-likeness (QED) is 0.456. The van der Waals surface area contributed by atoms with Gasteiger partial charge in [-0.2, -0.15) is 4.98 Å². The molecule has 0 aliphatic carbocycles. The molecule has 2 aromatic carbocycles. The van der Waals surface area contributed by atoms with Gasteiger partial charge in [-0.15, -0.1) is 10.2 Å². The van der Waals surface area contributed by atoms with E-state index in [2.05, 4.69) is 25.7 Å². The number of carbonyl (C=O) groups is 1. The SMILES string of the molecule is Cc1nnc2ccc(-c3noc(-c4cccc(NC(=O)C5Cc6ccccc6O5)c4)n3)cn12. The molecule has 4 heterocycles. The number of fused-ring (bicyclic) bond motifs is 2. The summed E-state index contributed by atoms with van der Waals surface area (Å²) in [5.74, 6) is 2.13. The molecule has 0 saturated carbocycles. The van der Waals surface area contributed by atoms with Crippen LogP contribution < -0.4 is 10.1 Å². The number of amides is 1. The average molecular weight is 438 g/mol. The molecule has 1 unspecified atom stereocenters. The third-order valence-electron chi connectivity index (χ3n) is 5.57. The minimum Gasteiger partial charge on any atom is -0.480 e. The zero-order valence-corrected chi connectivity index (χ0v) is 17.6. The summed E-state index contributed by atoms with van der Waals surface area (Å²) in [5, 5.41) is 15.2. The monoisotopic (exact) mass is 438 g/mol. The summed E-state index contributed by atoms with van der Waals surface area (Å²) < 4.78 is 13.1. The molecule has 0 spiro atoms. The van der Waals surface area contributed by atoms with Gasteiger partial charge < -0.3 is 14.6 Å². The van der Waals surface area contributed by atoms with Crippen molar-refractivity contribution >= 4 is 17.2 Å². The molecule has 0 bridgehead atoms. The second-order valence-electron chi connectivity index (χ2n) is 7.80. The number of anilines is 1. The molecule has 1 aliphatic rings. The van der Waals surface area contributed by atoms with Gasteiger partial charge in [0.05, 0.1) is 0 Å². The van der Waals surface area contributed by atoms with E-state index in [1.54, 1.807) is 6.07 Å². The van der Waals surface area contributed by atoms with Crippen molar-refractivity contribution in [2.45, 2.75) is 19.4 Å². The van der Waals surface area contributed by atoms with Gasteiger partial charge in [0.15, 0.2) is 11.8 Å². The van der Waals surface area contributed by atoms with Gasteiger partial charge in [0, 0.05) is 29.4 Å². The Kier molecular flexibility index (Phi) is 4.39. The van der Waals surface area contributed by atoms with E-state index in [4.69, 9.17) is 9.26 Å². The first kappa shape index (κ1) is 19.2. The van der Waals surface area contributed by atoms with E-state index in [0.717, 1.165) is 28.3 Å². The lowest BCUT2D eigenvalue weighted by molar-refractivity contribution is -0.122. The summed E-state index contributed by atoms with van der Waals surface area (Å²) in [6.45, 7) is 1.88. The predicted octanol–water partition coefficient (Wildman–Crippen LogP) is 3.70. The highest BCUT2D eigenvalue weighted by Gasteiger charge is 2.28. The summed E-state index contributed by atoms with van der Waals surface area (Å²) in [5.41, 5.74) is 3.88. The maximum Gasteiger partial charge on any atom is 0.265 e. The lowest BCUT2D eigenvalue weighted by atomic mass is 10.1. The first-order chi connectivity index (χ1) is 16.1. The van der Waals surface area contributed by atoms with Crippen LogP contribution in [0.1, 0.15) is 11.4 Å². The molecule has 1 N–H and O–H groups in total. The molecular weight excluding hydrogens is 420 g/mol. The van der Waals surface area contributed by atoms with Crippen molar-refractivity contribution in [2.75, 3.05) is 5.32 Å². The predicted molar refractivity (Wildman–Crippen MR) is 120 cm³/mol. The van der Waals surface area contributed by atoms with Crippen LogP contribution >= 0.6 is 0 Å². The molecule has 162 valence electrons. The Morgan fingerprint density at radius 2 is 1.97 bits per heavy atom. The summed E-state index contributed by atoms with van der Waals surface area (Å²) >= 11 is 0. The Bertz CT molecular complexity index is 1480. The van der Waals surface area contributed by atoms with Crippen LogP contribution in [0.2, 0.25) is 0 Å². The minimum absolute atomic E-state index is 0.202. The van der Waals surface area contributed by atoms with Crippen molar-refractivity contribution in [1.82, 2.24) is 24.7 Å². The van der Waals surface area contributed by atoms with Crippen LogP contribution in [0.4, 0.5) is 5.69 Å². The summed E-state index contributed by atoms with van der Waals surface area (Å²) in [6.07, 6.45) is 1.86. The second kappa shape index (κ2) is 7.56. The molecule has 9 heteroatoms. The average Bonchev–Trinajstić information content (AvgIpc) is 3.58. The number of pyridine rings is 1. The van der Waals surface area contributed by atoms with E-state index >= 15 is 0 Å². The number of benzene rings is 2. The van der Waals surface area contributed by atoms with Gasteiger partial charge in [-0.3, -0.25) is 9.20 Å². The van der Waals surface area contributed by atoms with Crippen molar-refractivity contribution in [3.05, 3.63) is 78.2 Å². The number of hydrogen-bond acceptors (Lipinski definition) is 7. The van der Waals surface area contributed by atoms with E-state index in [9.17, 15) is 4.79 Å². The number of hydrogen-bond donors (Lipinski definition) is 1. The Balaban J connectivity index is 1.21. The number of nitrogens with one attached hydrogen (secondary N) is 1. The number of aryl methyl sites for hydroxylation is 1. The standard InChI is InChI=1S/C24H18N6O3/c1-14-27-28-21-10-9-17(13-30(14)21)22-26-24(33-29-22)16-6-4-7-18(11-16)25-23(31)20-12-15-5-2-3-8-19(15)32-20/h2-11,13,20H,12H2,1H3,(H,25,31). The van der Waals surface area contributed by atoms with E-state index < -0.39 is 6.10 Å². The lowest BCUT2D eigenvalue weighted by Crippen LogP contribution is -2.31. The van der Waals surface area contributed by atoms with E-state index in [1.807, 2.05) is 72.1 Å². The van der Waals surface area contributed by atoms with E-state index in [0.29, 0.717) is 29.4 Å². The Labute approximate surface area is 188 Å². The van der Waals surface area contributed by atoms with Crippen LogP contribution in [0.3, 0.4) is 0 Å². The van der Waals surface area contributed by atoms with Crippen LogP contribution in [-0.4, -0.2) is 36.7 Å². The molecule has 1 aliphatic heterocycles. The largest absolute Gasteiger partial charge is 0.480 e. The van der Waals surface area contributed by atoms with Gasteiger partial charge in [-0.25, -0.2) is 0 Å². The minimum atomic E-state index is -0.558. The van der Waals surface area contributed by atoms with Crippen molar-refractivity contribution in [3.63, 3.8) is 0 Å². The van der Waals surface area contributed by atoms with E-state index in [1.165, 1.54) is 0 Å². The molecule has 0 radical (unpaired) electrons. The molecule has 0 fully saturated rings. The number of carbonyl (C=O) groups excluding carboxylic acids is 1. The molecule has 1 atom stereocenters. The fourth-order valence-corrected chi connectivity index (χ4v) is 3.88. The van der Waals surface area contributed by atoms with Crippen molar-refractivity contribution < 1.29 is 14.1 Å². The van der Waals surface area contributed by atoms with Gasteiger partial charge in [0.2, 0.25) is 5.82 Å². The summed E-state index contributed by atoms with van der Waals surface area (Å²) in [6, 6.07) is 18.7. The van der Waals surface area contributed by atoms with Crippen LogP contribution in [0, 0.1) is 6.92 Å². The Morgan fingerprint density at radius 1 is 1.06 bits per heavy atom. The Hall–Kier alpha value is -4.53. The molecule has 0 saturated heterocycles. The highest BCUT2D eigenvalue weighted by molar-refractivity contribution is 5.95. The van der Waals surface area contributed by atoms with Gasteiger partial charge in [0.25, 0.3) is 11.8 Å². The van der Waals surface area contributed by atoms with Gasteiger partial charge >= 0.3 is 0 Å². The zero-order valence-electron chi connectivity index (χ0n) is 17.6. The van der Waals surface area contributed by atoms with Gasteiger partial charge in [-0.1, -0.05) is 29.4 Å². The van der Waals surface area contributed by atoms with Crippen LogP contribution in [0.25, 0.3) is 28.5 Å². The third kappa shape index (κ3) is 3.49. The summed E-state index contributed by atoms with van der Waals surface area (Å²) in [7, 11) is 0. The first-order valence-corrected chi connectivity index (χ1v) is 10.5. The van der Waals surface area contributed by atoms with Crippen molar-refractivity contribution in [2.24, 2.45) is 0 Å².